The summed E-state index contributed by atoms with van der Waals surface area (Å²) in [5.74, 6) is 0.0197. The third kappa shape index (κ3) is 2.40. The number of rotatable bonds is 2. The monoisotopic (exact) mass is 301 g/mol. The zero-order chi connectivity index (χ0) is 15.0. The second-order valence-electron chi connectivity index (χ2n) is 5.21. The SMILES string of the molecule is CN1C(=N)N[C@](C)(c2nc(-c3cccnc3)cs2)CC1=O. The third-order valence-corrected chi connectivity index (χ3v) is 4.65. The highest BCUT2D eigenvalue weighted by molar-refractivity contribution is 7.10. The van der Waals surface area contributed by atoms with Crippen molar-refractivity contribution < 1.29 is 4.79 Å². The van der Waals surface area contributed by atoms with Crippen LogP contribution in [-0.2, 0) is 10.3 Å². The predicted octanol–water partition coefficient (Wildman–Crippen LogP) is 1.81. The number of pyridine rings is 1. The molecule has 1 aliphatic rings. The van der Waals surface area contributed by atoms with Gasteiger partial charge in [0.2, 0.25) is 5.91 Å². The van der Waals surface area contributed by atoms with E-state index in [4.69, 9.17) is 5.41 Å². The molecule has 2 aromatic rings. The van der Waals surface area contributed by atoms with Crippen LogP contribution in [0.5, 0.6) is 0 Å². The maximum absolute atomic E-state index is 12.0. The van der Waals surface area contributed by atoms with Gasteiger partial charge < -0.3 is 5.32 Å². The van der Waals surface area contributed by atoms with Gasteiger partial charge in [-0.2, -0.15) is 0 Å². The van der Waals surface area contributed by atoms with Crippen LogP contribution in [0.2, 0.25) is 0 Å². The summed E-state index contributed by atoms with van der Waals surface area (Å²) in [6.45, 7) is 1.90. The van der Waals surface area contributed by atoms with Gasteiger partial charge in [-0.25, -0.2) is 4.98 Å². The Balaban J connectivity index is 1.93. The van der Waals surface area contributed by atoms with Crippen molar-refractivity contribution in [3.63, 3.8) is 0 Å². The Labute approximate surface area is 126 Å². The average Bonchev–Trinajstić information content (AvgIpc) is 2.96. The zero-order valence-corrected chi connectivity index (χ0v) is 12.6. The average molecular weight is 301 g/mol. The highest BCUT2D eigenvalue weighted by atomic mass is 32.1. The Bertz CT molecular complexity index is 678. The molecule has 1 fully saturated rings. The summed E-state index contributed by atoms with van der Waals surface area (Å²) in [6, 6.07) is 3.81. The van der Waals surface area contributed by atoms with Gasteiger partial charge in [0.25, 0.3) is 0 Å². The van der Waals surface area contributed by atoms with E-state index in [-0.39, 0.29) is 18.3 Å². The highest BCUT2D eigenvalue weighted by Crippen LogP contribution is 2.33. The van der Waals surface area contributed by atoms with Gasteiger partial charge in [0, 0.05) is 30.4 Å². The van der Waals surface area contributed by atoms with Gasteiger partial charge in [-0.1, -0.05) is 0 Å². The van der Waals surface area contributed by atoms with E-state index in [2.05, 4.69) is 15.3 Å². The van der Waals surface area contributed by atoms with Crippen molar-refractivity contribution in [2.75, 3.05) is 7.05 Å². The second kappa shape index (κ2) is 4.92. The molecule has 1 atom stereocenters. The minimum atomic E-state index is -0.633. The van der Waals surface area contributed by atoms with Crippen LogP contribution in [0.15, 0.2) is 29.9 Å². The summed E-state index contributed by atoms with van der Waals surface area (Å²) in [5.41, 5.74) is 1.15. The highest BCUT2D eigenvalue weighted by Gasteiger charge is 2.40. The molecule has 3 heterocycles. The molecular weight excluding hydrogens is 286 g/mol. The molecule has 21 heavy (non-hydrogen) atoms. The molecule has 7 heteroatoms. The van der Waals surface area contributed by atoms with Gasteiger partial charge in [-0.3, -0.25) is 20.1 Å². The molecule has 1 amide bonds. The fourth-order valence-electron chi connectivity index (χ4n) is 2.24. The van der Waals surface area contributed by atoms with Gasteiger partial charge in [0.05, 0.1) is 17.7 Å². The molecule has 0 bridgehead atoms. The smallest absolute Gasteiger partial charge is 0.231 e. The number of carbonyl (C=O) groups is 1. The first-order chi connectivity index (χ1) is 9.99. The fourth-order valence-corrected chi connectivity index (χ4v) is 3.18. The normalized spacial score (nSPS) is 22.3. The maximum atomic E-state index is 12.0. The quantitative estimate of drug-likeness (QED) is 0.886. The zero-order valence-electron chi connectivity index (χ0n) is 11.8. The minimum Gasteiger partial charge on any atom is -0.344 e. The van der Waals surface area contributed by atoms with E-state index >= 15 is 0 Å². The molecule has 0 unspecified atom stereocenters. The number of nitrogens with one attached hydrogen (secondary N) is 2. The van der Waals surface area contributed by atoms with E-state index in [0.717, 1.165) is 16.3 Å². The number of thiazole rings is 1. The number of aromatic nitrogens is 2. The standard InChI is InChI=1S/C14H15N5OS/c1-14(6-11(20)19(2)13(15)18-14)12-17-10(8-21-12)9-4-3-5-16-7-9/h3-5,7-8H,6H2,1-2H3,(H2,15,18)/t14-/m0/s1. The first kappa shape index (κ1) is 13.7. The summed E-state index contributed by atoms with van der Waals surface area (Å²) >= 11 is 1.49. The number of hydrogen-bond donors (Lipinski definition) is 2. The Morgan fingerprint density at radius 2 is 2.33 bits per heavy atom. The number of carbonyl (C=O) groups excluding carboxylic acids is 1. The molecule has 6 nitrogen and oxygen atoms in total. The summed E-state index contributed by atoms with van der Waals surface area (Å²) in [4.78, 5) is 22.0. The number of hydrogen-bond acceptors (Lipinski definition) is 5. The van der Waals surface area contributed by atoms with E-state index in [0.29, 0.717) is 0 Å². The molecular formula is C14H15N5OS. The van der Waals surface area contributed by atoms with Crippen LogP contribution in [0.25, 0.3) is 11.3 Å². The Morgan fingerprint density at radius 1 is 1.52 bits per heavy atom. The van der Waals surface area contributed by atoms with Crippen molar-refractivity contribution in [2.24, 2.45) is 0 Å². The Hall–Kier alpha value is -2.28. The van der Waals surface area contributed by atoms with Crippen molar-refractivity contribution in [1.82, 2.24) is 20.2 Å². The molecule has 2 aromatic heterocycles. The molecule has 1 aliphatic heterocycles. The molecule has 0 spiro atoms. The molecule has 0 aromatic carbocycles. The summed E-state index contributed by atoms with van der Waals surface area (Å²) in [5, 5.41) is 13.7. The van der Waals surface area contributed by atoms with Crippen molar-refractivity contribution in [3.05, 3.63) is 34.9 Å². The van der Waals surface area contributed by atoms with Crippen LogP contribution in [0.3, 0.4) is 0 Å². The lowest BCUT2D eigenvalue weighted by molar-refractivity contribution is -0.129. The fraction of sp³-hybridized carbons (Fsp3) is 0.286. The lowest BCUT2D eigenvalue weighted by Crippen LogP contribution is -2.58. The molecule has 0 saturated carbocycles. The van der Waals surface area contributed by atoms with Crippen LogP contribution in [0, 0.1) is 5.41 Å². The molecule has 3 rings (SSSR count). The van der Waals surface area contributed by atoms with E-state index in [1.807, 2.05) is 24.4 Å². The topological polar surface area (TPSA) is 82.0 Å². The van der Waals surface area contributed by atoms with E-state index < -0.39 is 5.54 Å². The van der Waals surface area contributed by atoms with Crippen molar-refractivity contribution in [2.45, 2.75) is 18.9 Å². The van der Waals surface area contributed by atoms with Crippen molar-refractivity contribution >= 4 is 23.2 Å². The van der Waals surface area contributed by atoms with Gasteiger partial charge in [0.1, 0.15) is 5.01 Å². The summed E-state index contributed by atoms with van der Waals surface area (Å²) < 4.78 is 0. The van der Waals surface area contributed by atoms with Crippen LogP contribution < -0.4 is 5.32 Å². The lowest BCUT2D eigenvalue weighted by atomic mass is 9.96. The Kier molecular flexibility index (Phi) is 3.21. The first-order valence-electron chi connectivity index (χ1n) is 6.49. The van der Waals surface area contributed by atoms with Crippen LogP contribution in [-0.4, -0.2) is 33.8 Å². The largest absolute Gasteiger partial charge is 0.344 e. The van der Waals surface area contributed by atoms with Crippen LogP contribution >= 0.6 is 11.3 Å². The van der Waals surface area contributed by atoms with Crippen LogP contribution in [0.1, 0.15) is 18.4 Å². The molecule has 0 aliphatic carbocycles. The molecule has 1 saturated heterocycles. The number of amides is 1. The predicted molar refractivity (Wildman–Crippen MR) is 80.9 cm³/mol. The molecule has 108 valence electrons. The van der Waals surface area contributed by atoms with Crippen molar-refractivity contribution in [1.29, 1.82) is 5.41 Å². The number of guanidine groups is 1. The molecule has 0 radical (unpaired) electrons. The van der Waals surface area contributed by atoms with Crippen molar-refractivity contribution in [3.8, 4) is 11.3 Å². The lowest BCUT2D eigenvalue weighted by Gasteiger charge is -2.37. The second-order valence-corrected chi connectivity index (χ2v) is 6.07. The molecule has 2 N–H and O–H groups in total. The third-order valence-electron chi connectivity index (χ3n) is 3.54. The van der Waals surface area contributed by atoms with Crippen LogP contribution in [0.4, 0.5) is 0 Å². The van der Waals surface area contributed by atoms with Gasteiger partial charge in [0.15, 0.2) is 5.96 Å². The van der Waals surface area contributed by atoms with E-state index in [1.54, 1.807) is 19.4 Å². The Morgan fingerprint density at radius 3 is 3.00 bits per heavy atom. The first-order valence-corrected chi connectivity index (χ1v) is 7.37. The maximum Gasteiger partial charge on any atom is 0.231 e. The number of nitrogens with zero attached hydrogens (tertiary/aromatic N) is 3. The minimum absolute atomic E-state index is 0.0839. The van der Waals surface area contributed by atoms with E-state index in [9.17, 15) is 4.79 Å². The van der Waals surface area contributed by atoms with Gasteiger partial charge in [-0.15, -0.1) is 11.3 Å². The van der Waals surface area contributed by atoms with Gasteiger partial charge in [-0.05, 0) is 19.1 Å². The summed E-state index contributed by atoms with van der Waals surface area (Å²) in [7, 11) is 1.60. The van der Waals surface area contributed by atoms with Gasteiger partial charge >= 0.3 is 0 Å². The summed E-state index contributed by atoms with van der Waals surface area (Å²) in [6.07, 6.45) is 3.76. The van der Waals surface area contributed by atoms with E-state index in [1.165, 1.54) is 16.2 Å².